The van der Waals surface area contributed by atoms with Gasteiger partial charge in [0.25, 0.3) is 5.91 Å². The third-order valence-corrected chi connectivity index (χ3v) is 8.71. The molecule has 3 heterocycles. The van der Waals surface area contributed by atoms with Gasteiger partial charge in [-0.15, -0.1) is 0 Å². The smallest absolute Gasteiger partial charge is 0.314 e. The summed E-state index contributed by atoms with van der Waals surface area (Å²) in [6.07, 6.45) is -0.504. The Morgan fingerprint density at radius 1 is 1.05 bits per heavy atom. The molecule has 1 atom stereocenters. The fourth-order valence-electron chi connectivity index (χ4n) is 5.76. The number of carbonyl (C=O) groups excluding carboxylic acids is 2. The van der Waals surface area contributed by atoms with Crippen LogP contribution in [0, 0.1) is 26.7 Å². The molecule has 0 aliphatic carbocycles. The minimum atomic E-state index is -4.70. The van der Waals surface area contributed by atoms with Crippen LogP contribution in [0.4, 0.5) is 29.3 Å². The third kappa shape index (κ3) is 6.87. The second kappa shape index (κ2) is 12.8. The fraction of sp³-hybridized carbons (Fsp3) is 0.344. The van der Waals surface area contributed by atoms with Crippen molar-refractivity contribution >= 4 is 46.5 Å². The highest BCUT2D eigenvalue weighted by atomic mass is 35.5. The topological polar surface area (TPSA) is 68.8 Å². The van der Waals surface area contributed by atoms with Gasteiger partial charge in [0.15, 0.2) is 0 Å². The molecular formula is C32H32Cl2F3N5O2. The largest absolute Gasteiger partial charge is 0.418 e. The van der Waals surface area contributed by atoms with Gasteiger partial charge < -0.3 is 10.2 Å². The number of hydrogen-bond acceptors (Lipinski definition) is 4. The van der Waals surface area contributed by atoms with Crippen molar-refractivity contribution in [3.8, 4) is 0 Å². The minimum Gasteiger partial charge on any atom is -0.314 e. The molecule has 2 aliphatic heterocycles. The average molecular weight is 647 g/mol. The molecule has 12 heteroatoms. The van der Waals surface area contributed by atoms with Gasteiger partial charge >= 0.3 is 12.2 Å². The first-order valence-electron chi connectivity index (χ1n) is 14.2. The second-order valence-electron chi connectivity index (χ2n) is 11.2. The highest BCUT2D eigenvalue weighted by molar-refractivity contribution is 6.31. The zero-order valence-electron chi connectivity index (χ0n) is 24.5. The van der Waals surface area contributed by atoms with Gasteiger partial charge in [-0.25, -0.2) is 4.79 Å². The Labute approximate surface area is 264 Å². The molecule has 0 saturated carbocycles. The Bertz CT molecular complexity index is 1610. The Hall–Kier alpha value is -3.60. The lowest BCUT2D eigenvalue weighted by atomic mass is 10.1. The molecule has 2 aromatic carbocycles. The second-order valence-corrected chi connectivity index (χ2v) is 12.1. The molecule has 0 bridgehead atoms. The van der Waals surface area contributed by atoms with E-state index in [9.17, 15) is 22.8 Å². The summed E-state index contributed by atoms with van der Waals surface area (Å²) in [5, 5.41) is 2.78. The molecule has 3 aromatic rings. The number of nitrogens with one attached hydrogen (secondary N) is 1. The predicted molar refractivity (Wildman–Crippen MR) is 166 cm³/mol. The van der Waals surface area contributed by atoms with Crippen molar-refractivity contribution in [3.05, 3.63) is 98.4 Å². The van der Waals surface area contributed by atoms with Crippen LogP contribution in [0.5, 0.6) is 0 Å². The quantitative estimate of drug-likeness (QED) is 0.285. The van der Waals surface area contributed by atoms with E-state index in [4.69, 9.17) is 23.2 Å². The number of halogens is 5. The van der Waals surface area contributed by atoms with Gasteiger partial charge in [0.2, 0.25) is 0 Å². The molecule has 1 fully saturated rings. The molecule has 0 radical (unpaired) electrons. The molecular weight excluding hydrogens is 614 g/mol. The van der Waals surface area contributed by atoms with Gasteiger partial charge in [0, 0.05) is 66.8 Å². The zero-order valence-corrected chi connectivity index (χ0v) is 26.0. The van der Waals surface area contributed by atoms with Crippen molar-refractivity contribution in [1.29, 1.82) is 0 Å². The monoisotopic (exact) mass is 645 g/mol. The van der Waals surface area contributed by atoms with Crippen LogP contribution in [0.2, 0.25) is 10.0 Å². The van der Waals surface area contributed by atoms with Crippen LogP contribution in [-0.4, -0.2) is 59.4 Å². The molecule has 2 aliphatic rings. The number of urea groups is 1. The number of likely N-dealkylation sites (tertiary alicyclic amines) is 1. The number of carbonyl (C=O) groups is 2. The lowest BCUT2D eigenvalue weighted by Gasteiger charge is -2.26. The SMILES string of the molecule is Cc1ccc(N(CCCN2CC3=CN(C(=O)c4c(C)ccnc4C)CC3C2)C(=O)Nc2ccc(Cl)cc2C(F)(F)F)cc1Cl. The van der Waals surface area contributed by atoms with Crippen LogP contribution in [0.1, 0.15) is 39.2 Å². The lowest BCUT2D eigenvalue weighted by Crippen LogP contribution is -2.38. The number of benzene rings is 2. The van der Waals surface area contributed by atoms with E-state index < -0.39 is 17.8 Å². The lowest BCUT2D eigenvalue weighted by molar-refractivity contribution is -0.136. The maximum absolute atomic E-state index is 13.7. The van der Waals surface area contributed by atoms with E-state index >= 15 is 0 Å². The number of amides is 3. The number of aryl methyl sites for hydroxylation is 3. The number of anilines is 2. The summed E-state index contributed by atoms with van der Waals surface area (Å²) in [7, 11) is 0. The summed E-state index contributed by atoms with van der Waals surface area (Å²) >= 11 is 12.2. The summed E-state index contributed by atoms with van der Waals surface area (Å²) in [4.78, 5) is 36.4. The molecule has 232 valence electrons. The summed E-state index contributed by atoms with van der Waals surface area (Å²) in [5.74, 6) is 0.173. The summed E-state index contributed by atoms with van der Waals surface area (Å²) < 4.78 is 41.1. The molecule has 1 saturated heterocycles. The van der Waals surface area contributed by atoms with Crippen molar-refractivity contribution in [2.45, 2.75) is 33.4 Å². The maximum atomic E-state index is 13.7. The van der Waals surface area contributed by atoms with Gasteiger partial charge in [-0.1, -0.05) is 29.3 Å². The van der Waals surface area contributed by atoms with E-state index in [0.29, 0.717) is 48.0 Å². The number of fused-ring (bicyclic) bond motifs is 1. The maximum Gasteiger partial charge on any atom is 0.418 e. The summed E-state index contributed by atoms with van der Waals surface area (Å²) in [5.41, 5.74) is 3.29. The van der Waals surface area contributed by atoms with E-state index in [-0.39, 0.29) is 29.1 Å². The van der Waals surface area contributed by atoms with E-state index in [1.807, 2.05) is 33.0 Å². The minimum absolute atomic E-state index is 0.0469. The van der Waals surface area contributed by atoms with E-state index in [1.165, 1.54) is 16.5 Å². The van der Waals surface area contributed by atoms with Gasteiger partial charge in [0.05, 0.1) is 22.5 Å². The van der Waals surface area contributed by atoms with Crippen molar-refractivity contribution < 1.29 is 22.8 Å². The fourth-order valence-corrected chi connectivity index (χ4v) is 6.10. The number of alkyl halides is 3. The van der Waals surface area contributed by atoms with E-state index in [0.717, 1.165) is 29.8 Å². The van der Waals surface area contributed by atoms with E-state index in [2.05, 4.69) is 15.2 Å². The van der Waals surface area contributed by atoms with Gasteiger partial charge in [-0.05, 0) is 80.3 Å². The molecule has 1 aromatic heterocycles. The Morgan fingerprint density at radius 2 is 1.82 bits per heavy atom. The number of nitrogens with zero attached hydrogens (tertiary/aromatic N) is 4. The highest BCUT2D eigenvalue weighted by Gasteiger charge is 2.37. The van der Waals surface area contributed by atoms with Gasteiger partial charge in [0.1, 0.15) is 0 Å². The Morgan fingerprint density at radius 3 is 2.50 bits per heavy atom. The standard InChI is InChI=1S/C32H32Cl2F3N5O2/c1-19-5-7-25(14-27(19)34)42(31(44)39-28-8-6-24(33)13-26(28)32(35,36)37)12-4-11-40-15-22-17-41(18-23(22)16-40)30(43)29-20(2)9-10-38-21(29)3/h5-10,13-14,17,23H,4,11-12,15-16,18H2,1-3H3,(H,39,44). The van der Waals surface area contributed by atoms with Gasteiger partial charge in [-0.2, -0.15) is 13.2 Å². The Balaban J connectivity index is 1.25. The van der Waals surface area contributed by atoms with Crippen LogP contribution in [0.3, 0.4) is 0 Å². The predicted octanol–water partition coefficient (Wildman–Crippen LogP) is 7.73. The first kappa shape index (κ1) is 31.8. The zero-order chi connectivity index (χ0) is 31.8. The summed E-state index contributed by atoms with van der Waals surface area (Å²) in [6, 6.07) is 9.46. The number of pyridine rings is 1. The van der Waals surface area contributed by atoms with Crippen LogP contribution < -0.4 is 10.2 Å². The van der Waals surface area contributed by atoms with Gasteiger partial charge in [-0.3, -0.25) is 19.6 Å². The number of rotatable bonds is 7. The van der Waals surface area contributed by atoms with Crippen LogP contribution in [-0.2, 0) is 6.18 Å². The molecule has 3 amide bonds. The number of hydrogen-bond donors (Lipinski definition) is 1. The van der Waals surface area contributed by atoms with E-state index in [1.54, 1.807) is 29.3 Å². The van der Waals surface area contributed by atoms with Crippen molar-refractivity contribution in [1.82, 2.24) is 14.8 Å². The average Bonchev–Trinajstić information content (AvgIpc) is 3.52. The molecule has 5 rings (SSSR count). The third-order valence-electron chi connectivity index (χ3n) is 8.07. The highest BCUT2D eigenvalue weighted by Crippen LogP contribution is 2.37. The number of aromatic nitrogens is 1. The van der Waals surface area contributed by atoms with Crippen molar-refractivity contribution in [3.63, 3.8) is 0 Å². The Kier molecular flexibility index (Phi) is 9.25. The van der Waals surface area contributed by atoms with Crippen LogP contribution in [0.25, 0.3) is 0 Å². The van der Waals surface area contributed by atoms with Crippen molar-refractivity contribution in [2.75, 3.05) is 42.9 Å². The normalized spacial score (nSPS) is 16.6. The molecule has 44 heavy (non-hydrogen) atoms. The molecule has 7 nitrogen and oxygen atoms in total. The van der Waals surface area contributed by atoms with Crippen molar-refractivity contribution in [2.24, 2.45) is 5.92 Å². The first-order chi connectivity index (χ1) is 20.8. The van der Waals surface area contributed by atoms with Crippen LogP contribution >= 0.6 is 23.2 Å². The summed E-state index contributed by atoms with van der Waals surface area (Å²) in [6.45, 7) is 8.53. The molecule has 1 unspecified atom stereocenters. The molecule has 1 N–H and O–H groups in total. The van der Waals surface area contributed by atoms with Crippen LogP contribution in [0.15, 0.2) is 60.4 Å². The first-order valence-corrected chi connectivity index (χ1v) is 14.9. The molecule has 0 spiro atoms.